The molecule has 2 heterocycles. The second kappa shape index (κ2) is 5.07. The molecule has 1 aliphatic heterocycles. The molecule has 1 aromatic heterocycles. The molecule has 106 valence electrons. The number of aromatic nitrogens is 2. The lowest BCUT2D eigenvalue weighted by Gasteiger charge is -2.37. The van der Waals surface area contributed by atoms with Gasteiger partial charge in [-0.3, -0.25) is 9.48 Å². The van der Waals surface area contributed by atoms with Gasteiger partial charge in [0.15, 0.2) is 0 Å². The zero-order valence-electron chi connectivity index (χ0n) is 12.1. The number of hydrogen-bond acceptors (Lipinski definition) is 4. The summed E-state index contributed by atoms with van der Waals surface area (Å²) in [6.07, 6.45) is 0. The standard InChI is InChI=1S/C13H22N4OS/c1-9-12(14)10(2)17(15-9)7-11(18)16-5-6-19-13(3,4)8-16/h5-8,14H2,1-4H3. The zero-order chi connectivity index (χ0) is 14.2. The van der Waals surface area contributed by atoms with Crippen LogP contribution >= 0.6 is 11.8 Å². The molecule has 1 fully saturated rings. The monoisotopic (exact) mass is 282 g/mol. The Bertz CT molecular complexity index is 495. The number of rotatable bonds is 2. The summed E-state index contributed by atoms with van der Waals surface area (Å²) in [7, 11) is 0. The van der Waals surface area contributed by atoms with Crippen LogP contribution < -0.4 is 5.73 Å². The average molecular weight is 282 g/mol. The van der Waals surface area contributed by atoms with Gasteiger partial charge in [0.05, 0.1) is 17.1 Å². The van der Waals surface area contributed by atoms with E-state index < -0.39 is 0 Å². The average Bonchev–Trinajstić information content (AvgIpc) is 2.56. The van der Waals surface area contributed by atoms with E-state index in [0.29, 0.717) is 5.69 Å². The van der Waals surface area contributed by atoms with E-state index in [1.807, 2.05) is 30.5 Å². The Balaban J connectivity index is 2.06. The molecule has 5 nitrogen and oxygen atoms in total. The summed E-state index contributed by atoms with van der Waals surface area (Å²) in [5.41, 5.74) is 8.23. The first kappa shape index (κ1) is 14.2. The van der Waals surface area contributed by atoms with Gasteiger partial charge < -0.3 is 10.6 Å². The van der Waals surface area contributed by atoms with Crippen molar-refractivity contribution in [2.45, 2.75) is 39.0 Å². The van der Waals surface area contributed by atoms with Crippen LogP contribution in [-0.4, -0.2) is 44.2 Å². The number of hydrogen-bond donors (Lipinski definition) is 1. The van der Waals surface area contributed by atoms with Crippen molar-refractivity contribution in [1.29, 1.82) is 0 Å². The van der Waals surface area contributed by atoms with Gasteiger partial charge in [0.2, 0.25) is 5.91 Å². The summed E-state index contributed by atoms with van der Waals surface area (Å²) in [5, 5.41) is 4.32. The van der Waals surface area contributed by atoms with Crippen LogP contribution in [0.2, 0.25) is 0 Å². The third kappa shape index (κ3) is 3.05. The highest BCUT2D eigenvalue weighted by molar-refractivity contribution is 8.00. The van der Waals surface area contributed by atoms with Crippen LogP contribution in [0, 0.1) is 13.8 Å². The highest BCUT2D eigenvalue weighted by Gasteiger charge is 2.30. The van der Waals surface area contributed by atoms with E-state index in [1.54, 1.807) is 4.68 Å². The van der Waals surface area contributed by atoms with Crippen LogP contribution in [0.15, 0.2) is 0 Å². The predicted molar refractivity (Wildman–Crippen MR) is 79.2 cm³/mol. The normalized spacial score (nSPS) is 18.6. The Kier molecular flexibility index (Phi) is 3.80. The molecular formula is C13H22N4OS. The lowest BCUT2D eigenvalue weighted by Crippen LogP contribution is -2.47. The Morgan fingerprint density at radius 2 is 2.16 bits per heavy atom. The molecule has 0 atom stereocenters. The number of carbonyl (C=O) groups is 1. The minimum atomic E-state index is 0.124. The molecule has 0 aromatic carbocycles. The number of nitrogen functional groups attached to an aromatic ring is 1. The van der Waals surface area contributed by atoms with E-state index in [9.17, 15) is 4.79 Å². The molecule has 0 unspecified atom stereocenters. The van der Waals surface area contributed by atoms with Crippen molar-refractivity contribution >= 4 is 23.4 Å². The van der Waals surface area contributed by atoms with Crippen LogP contribution in [0.25, 0.3) is 0 Å². The van der Waals surface area contributed by atoms with Gasteiger partial charge in [0.25, 0.3) is 0 Å². The van der Waals surface area contributed by atoms with E-state index in [-0.39, 0.29) is 17.2 Å². The van der Waals surface area contributed by atoms with Crippen LogP contribution in [0.5, 0.6) is 0 Å². The largest absolute Gasteiger partial charge is 0.396 e. The van der Waals surface area contributed by atoms with Gasteiger partial charge in [0.1, 0.15) is 6.54 Å². The summed E-state index contributed by atoms with van der Waals surface area (Å²) in [6, 6.07) is 0. The molecule has 0 saturated carbocycles. The first-order valence-corrected chi connectivity index (χ1v) is 7.50. The third-order valence-corrected chi connectivity index (χ3v) is 4.80. The number of nitrogens with zero attached hydrogens (tertiary/aromatic N) is 3. The number of amides is 1. The Labute approximate surface area is 118 Å². The fraction of sp³-hybridized carbons (Fsp3) is 0.692. The van der Waals surface area contributed by atoms with Crippen molar-refractivity contribution in [2.24, 2.45) is 0 Å². The minimum absolute atomic E-state index is 0.124. The van der Waals surface area contributed by atoms with Crippen LogP contribution in [0.3, 0.4) is 0 Å². The quantitative estimate of drug-likeness (QED) is 0.891. The molecule has 1 amide bonds. The van der Waals surface area contributed by atoms with Crippen LogP contribution in [-0.2, 0) is 11.3 Å². The summed E-state index contributed by atoms with van der Waals surface area (Å²) in [4.78, 5) is 14.3. The lowest BCUT2D eigenvalue weighted by molar-refractivity contribution is -0.132. The maximum atomic E-state index is 12.3. The predicted octanol–water partition coefficient (Wildman–Crippen LogP) is 1.44. The van der Waals surface area contributed by atoms with Gasteiger partial charge in [-0.05, 0) is 27.7 Å². The van der Waals surface area contributed by atoms with Gasteiger partial charge in [-0.2, -0.15) is 16.9 Å². The number of nitrogens with two attached hydrogens (primary N) is 1. The van der Waals surface area contributed by atoms with Crippen LogP contribution in [0.4, 0.5) is 5.69 Å². The van der Waals surface area contributed by atoms with Gasteiger partial charge in [-0.1, -0.05) is 0 Å². The number of anilines is 1. The molecule has 1 aromatic rings. The number of aryl methyl sites for hydroxylation is 1. The molecule has 6 heteroatoms. The molecule has 1 saturated heterocycles. The Hall–Kier alpha value is -1.17. The van der Waals surface area contributed by atoms with E-state index in [2.05, 4.69) is 18.9 Å². The van der Waals surface area contributed by atoms with Crippen molar-refractivity contribution < 1.29 is 4.79 Å². The highest BCUT2D eigenvalue weighted by atomic mass is 32.2. The van der Waals surface area contributed by atoms with Crippen molar-refractivity contribution in [3.8, 4) is 0 Å². The van der Waals surface area contributed by atoms with Crippen molar-refractivity contribution in [3.05, 3.63) is 11.4 Å². The SMILES string of the molecule is Cc1nn(CC(=O)N2CCSC(C)(C)C2)c(C)c1N. The second-order valence-electron chi connectivity index (χ2n) is 5.67. The number of carbonyl (C=O) groups excluding carboxylic acids is 1. The van der Waals surface area contributed by atoms with Crippen molar-refractivity contribution in [3.63, 3.8) is 0 Å². The van der Waals surface area contributed by atoms with Crippen molar-refractivity contribution in [1.82, 2.24) is 14.7 Å². The van der Waals surface area contributed by atoms with E-state index in [1.165, 1.54) is 0 Å². The summed E-state index contributed by atoms with van der Waals surface area (Å²) in [5.74, 6) is 1.12. The lowest BCUT2D eigenvalue weighted by atomic mass is 10.2. The molecule has 1 aliphatic rings. The molecule has 0 spiro atoms. The summed E-state index contributed by atoms with van der Waals surface area (Å²) < 4.78 is 1.85. The maximum Gasteiger partial charge on any atom is 0.244 e. The fourth-order valence-electron chi connectivity index (χ4n) is 2.32. The van der Waals surface area contributed by atoms with Gasteiger partial charge >= 0.3 is 0 Å². The highest BCUT2D eigenvalue weighted by Crippen LogP contribution is 2.29. The number of thioether (sulfide) groups is 1. The first-order chi connectivity index (χ1) is 8.80. The van der Waals surface area contributed by atoms with Crippen LogP contribution in [0.1, 0.15) is 25.2 Å². The molecule has 2 rings (SSSR count). The maximum absolute atomic E-state index is 12.3. The van der Waals surface area contributed by atoms with Gasteiger partial charge in [-0.25, -0.2) is 0 Å². The molecule has 0 radical (unpaired) electrons. The topological polar surface area (TPSA) is 64.2 Å². The zero-order valence-corrected chi connectivity index (χ0v) is 12.9. The molecule has 0 aliphatic carbocycles. The third-order valence-electron chi connectivity index (χ3n) is 3.50. The van der Waals surface area contributed by atoms with Gasteiger partial charge in [0, 0.05) is 23.6 Å². The first-order valence-electron chi connectivity index (χ1n) is 6.51. The molecule has 0 bridgehead atoms. The molecular weight excluding hydrogens is 260 g/mol. The minimum Gasteiger partial charge on any atom is -0.396 e. The fourth-order valence-corrected chi connectivity index (χ4v) is 3.43. The van der Waals surface area contributed by atoms with E-state index >= 15 is 0 Å². The van der Waals surface area contributed by atoms with E-state index in [4.69, 9.17) is 5.73 Å². The van der Waals surface area contributed by atoms with Gasteiger partial charge in [-0.15, -0.1) is 0 Å². The smallest absolute Gasteiger partial charge is 0.244 e. The van der Waals surface area contributed by atoms with Crippen molar-refractivity contribution in [2.75, 3.05) is 24.6 Å². The molecule has 2 N–H and O–H groups in total. The second-order valence-corrected chi connectivity index (χ2v) is 7.47. The Morgan fingerprint density at radius 3 is 2.68 bits per heavy atom. The summed E-state index contributed by atoms with van der Waals surface area (Å²) >= 11 is 1.92. The summed E-state index contributed by atoms with van der Waals surface area (Å²) in [6.45, 7) is 10.0. The Morgan fingerprint density at radius 1 is 1.47 bits per heavy atom. The van der Waals surface area contributed by atoms with E-state index in [0.717, 1.165) is 30.2 Å². The molecule has 19 heavy (non-hydrogen) atoms.